The number of nitrogens with one attached hydrogen (secondary N) is 2. The number of hydrogen-bond donors (Lipinski definition) is 2. The summed E-state index contributed by atoms with van der Waals surface area (Å²) in [6, 6.07) is 5.97. The number of halogens is 4. The van der Waals surface area contributed by atoms with Crippen LogP contribution in [0.3, 0.4) is 0 Å². The molecule has 0 spiro atoms. The molecular weight excluding hydrogens is 273 g/mol. The van der Waals surface area contributed by atoms with Crippen molar-refractivity contribution in [3.63, 3.8) is 0 Å². The molecule has 1 rings (SSSR count). The molecular formula is C10H8ClF3N2O2. The van der Waals surface area contributed by atoms with E-state index in [9.17, 15) is 22.8 Å². The largest absolute Gasteiger partial charge is 0.471 e. The third-order valence-electron chi connectivity index (χ3n) is 1.79. The van der Waals surface area contributed by atoms with Gasteiger partial charge in [0.2, 0.25) is 5.91 Å². The van der Waals surface area contributed by atoms with E-state index in [4.69, 9.17) is 11.6 Å². The molecule has 0 fully saturated rings. The third kappa shape index (κ3) is 4.62. The first-order valence-corrected chi connectivity index (χ1v) is 5.07. The Hall–Kier alpha value is -1.76. The summed E-state index contributed by atoms with van der Waals surface area (Å²) >= 11 is 5.61. The van der Waals surface area contributed by atoms with Crippen LogP contribution in [-0.2, 0) is 9.59 Å². The molecule has 4 nitrogen and oxygen atoms in total. The Labute approximate surface area is 105 Å². The number of rotatable bonds is 3. The van der Waals surface area contributed by atoms with Crippen LogP contribution >= 0.6 is 11.6 Å². The van der Waals surface area contributed by atoms with Crippen molar-refractivity contribution >= 4 is 29.1 Å². The van der Waals surface area contributed by atoms with Crippen molar-refractivity contribution in [2.75, 3.05) is 11.9 Å². The van der Waals surface area contributed by atoms with Crippen LogP contribution in [0.25, 0.3) is 0 Å². The molecule has 2 N–H and O–H groups in total. The normalized spacial score (nSPS) is 10.9. The first kappa shape index (κ1) is 14.3. The van der Waals surface area contributed by atoms with Gasteiger partial charge in [-0.05, 0) is 24.3 Å². The van der Waals surface area contributed by atoms with Crippen molar-refractivity contribution in [3.8, 4) is 0 Å². The number of anilines is 1. The SMILES string of the molecule is O=C(CNC(=O)C(F)(F)F)Nc1ccc(Cl)cc1. The Kier molecular flexibility index (Phi) is 4.55. The molecule has 1 aromatic carbocycles. The molecule has 0 aromatic heterocycles. The highest BCUT2D eigenvalue weighted by atomic mass is 35.5. The summed E-state index contributed by atoms with van der Waals surface area (Å²) in [5.74, 6) is -2.93. The van der Waals surface area contributed by atoms with Gasteiger partial charge in [-0.2, -0.15) is 13.2 Å². The van der Waals surface area contributed by atoms with Gasteiger partial charge < -0.3 is 10.6 Å². The van der Waals surface area contributed by atoms with E-state index in [1.165, 1.54) is 29.6 Å². The first-order chi connectivity index (χ1) is 8.29. The van der Waals surface area contributed by atoms with E-state index in [2.05, 4.69) is 5.32 Å². The second-order valence-corrected chi connectivity index (χ2v) is 3.67. The van der Waals surface area contributed by atoms with Gasteiger partial charge in [-0.25, -0.2) is 0 Å². The van der Waals surface area contributed by atoms with Gasteiger partial charge in [0.25, 0.3) is 0 Å². The zero-order valence-corrected chi connectivity index (χ0v) is 9.60. The van der Waals surface area contributed by atoms with E-state index in [1.54, 1.807) is 0 Å². The molecule has 0 saturated heterocycles. The monoisotopic (exact) mass is 280 g/mol. The van der Waals surface area contributed by atoms with Gasteiger partial charge in [0.1, 0.15) is 0 Å². The van der Waals surface area contributed by atoms with Crippen LogP contribution in [0.15, 0.2) is 24.3 Å². The molecule has 0 bridgehead atoms. The minimum Gasteiger partial charge on any atom is -0.339 e. The fraction of sp³-hybridized carbons (Fsp3) is 0.200. The van der Waals surface area contributed by atoms with Crippen molar-refractivity contribution in [1.82, 2.24) is 5.32 Å². The van der Waals surface area contributed by atoms with Gasteiger partial charge >= 0.3 is 12.1 Å². The number of carbonyl (C=O) groups excluding carboxylic acids is 2. The minimum atomic E-state index is -5.00. The lowest BCUT2D eigenvalue weighted by Crippen LogP contribution is -2.41. The van der Waals surface area contributed by atoms with Crippen LogP contribution in [0.1, 0.15) is 0 Å². The number of alkyl halides is 3. The highest BCUT2D eigenvalue weighted by Crippen LogP contribution is 2.14. The zero-order chi connectivity index (χ0) is 13.8. The predicted molar refractivity (Wildman–Crippen MR) is 59.1 cm³/mol. The Bertz CT molecular complexity index is 445. The fourth-order valence-electron chi connectivity index (χ4n) is 0.999. The van der Waals surface area contributed by atoms with Crippen molar-refractivity contribution in [1.29, 1.82) is 0 Å². The van der Waals surface area contributed by atoms with Gasteiger partial charge in [-0.3, -0.25) is 9.59 Å². The van der Waals surface area contributed by atoms with Crippen molar-refractivity contribution < 1.29 is 22.8 Å². The first-order valence-electron chi connectivity index (χ1n) is 4.69. The van der Waals surface area contributed by atoms with Gasteiger partial charge in [0.05, 0.1) is 6.54 Å². The van der Waals surface area contributed by atoms with Crippen molar-refractivity contribution in [2.45, 2.75) is 6.18 Å². The molecule has 0 aliphatic heterocycles. The van der Waals surface area contributed by atoms with Crippen LogP contribution in [-0.4, -0.2) is 24.5 Å². The van der Waals surface area contributed by atoms with Gasteiger partial charge in [0, 0.05) is 10.7 Å². The van der Waals surface area contributed by atoms with E-state index in [0.717, 1.165) is 0 Å². The smallest absolute Gasteiger partial charge is 0.339 e. The van der Waals surface area contributed by atoms with Crippen LogP contribution < -0.4 is 10.6 Å². The van der Waals surface area contributed by atoms with Crippen molar-refractivity contribution in [3.05, 3.63) is 29.3 Å². The highest BCUT2D eigenvalue weighted by molar-refractivity contribution is 6.30. The average molecular weight is 281 g/mol. The van der Waals surface area contributed by atoms with Crippen LogP contribution in [0.5, 0.6) is 0 Å². The summed E-state index contributed by atoms with van der Waals surface area (Å²) in [4.78, 5) is 21.6. The van der Waals surface area contributed by atoms with E-state index in [-0.39, 0.29) is 0 Å². The summed E-state index contributed by atoms with van der Waals surface area (Å²) in [6.45, 7) is -0.763. The van der Waals surface area contributed by atoms with Crippen LogP contribution in [0.2, 0.25) is 5.02 Å². The molecule has 18 heavy (non-hydrogen) atoms. The molecule has 0 aliphatic rings. The summed E-state index contributed by atoms with van der Waals surface area (Å²) in [5.41, 5.74) is 0.366. The molecule has 0 unspecified atom stereocenters. The lowest BCUT2D eigenvalue weighted by atomic mass is 10.3. The number of carbonyl (C=O) groups is 2. The summed E-state index contributed by atoms with van der Waals surface area (Å²) in [6.07, 6.45) is -5.00. The molecule has 2 amide bonds. The lowest BCUT2D eigenvalue weighted by molar-refractivity contribution is -0.173. The molecule has 0 aliphatic carbocycles. The van der Waals surface area contributed by atoms with E-state index in [0.29, 0.717) is 10.7 Å². The number of amides is 2. The summed E-state index contributed by atoms with van der Waals surface area (Å²) in [7, 11) is 0. The maximum absolute atomic E-state index is 11.8. The summed E-state index contributed by atoms with van der Waals surface area (Å²) < 4.78 is 35.4. The number of hydrogen-bond acceptors (Lipinski definition) is 2. The van der Waals surface area contributed by atoms with Gasteiger partial charge in [-0.1, -0.05) is 11.6 Å². The second-order valence-electron chi connectivity index (χ2n) is 3.24. The van der Waals surface area contributed by atoms with Gasteiger partial charge in [-0.15, -0.1) is 0 Å². The zero-order valence-electron chi connectivity index (χ0n) is 8.84. The quantitative estimate of drug-likeness (QED) is 0.889. The fourth-order valence-corrected chi connectivity index (χ4v) is 1.13. The Balaban J connectivity index is 2.43. The molecule has 0 radical (unpaired) electrons. The molecule has 0 atom stereocenters. The molecule has 98 valence electrons. The van der Waals surface area contributed by atoms with E-state index in [1.807, 2.05) is 0 Å². The molecule has 8 heteroatoms. The highest BCUT2D eigenvalue weighted by Gasteiger charge is 2.38. The van der Waals surface area contributed by atoms with Crippen LogP contribution in [0, 0.1) is 0 Å². The average Bonchev–Trinajstić information content (AvgIpc) is 2.28. The maximum Gasteiger partial charge on any atom is 0.471 e. The lowest BCUT2D eigenvalue weighted by Gasteiger charge is -2.08. The van der Waals surface area contributed by atoms with E-state index < -0.39 is 24.5 Å². The second kappa shape index (κ2) is 5.72. The number of benzene rings is 1. The Morgan fingerprint density at radius 1 is 1.17 bits per heavy atom. The predicted octanol–water partition coefficient (Wildman–Crippen LogP) is 1.96. The van der Waals surface area contributed by atoms with Crippen LogP contribution in [0.4, 0.5) is 18.9 Å². The third-order valence-corrected chi connectivity index (χ3v) is 2.05. The van der Waals surface area contributed by atoms with E-state index >= 15 is 0 Å². The van der Waals surface area contributed by atoms with Crippen molar-refractivity contribution in [2.24, 2.45) is 0 Å². The summed E-state index contributed by atoms with van der Waals surface area (Å²) in [5, 5.41) is 4.21. The standard InChI is InChI=1S/C10H8ClF3N2O2/c11-6-1-3-7(4-2-6)16-8(17)5-15-9(18)10(12,13)14/h1-4H,5H2,(H,15,18)(H,16,17). The molecule has 1 aromatic rings. The minimum absolute atomic E-state index is 0.366. The topological polar surface area (TPSA) is 58.2 Å². The van der Waals surface area contributed by atoms with Gasteiger partial charge in [0.15, 0.2) is 0 Å². The molecule has 0 saturated carbocycles. The molecule has 0 heterocycles. The Morgan fingerprint density at radius 3 is 2.22 bits per heavy atom. The maximum atomic E-state index is 11.8. The Morgan fingerprint density at radius 2 is 1.72 bits per heavy atom.